The monoisotopic (exact) mass is 391 g/mol. The van der Waals surface area contributed by atoms with Gasteiger partial charge in [0.25, 0.3) is 0 Å². The first kappa shape index (κ1) is 18.2. The summed E-state index contributed by atoms with van der Waals surface area (Å²) < 4.78 is 5.58. The molecule has 3 fully saturated rings. The number of carbonyl (C=O) groups is 2. The number of carbonyl (C=O) groups excluding carboxylic acids is 2. The van der Waals surface area contributed by atoms with Gasteiger partial charge in [-0.2, -0.15) is 0 Å². The van der Waals surface area contributed by atoms with Gasteiger partial charge in [-0.1, -0.05) is 54.6 Å². The van der Waals surface area contributed by atoms with Crippen LogP contribution in [0.2, 0.25) is 0 Å². The summed E-state index contributed by atoms with van der Waals surface area (Å²) in [6.45, 7) is 2.84. The standard InChI is InChI=1S/C23H25N3O3/c27-22-15-29-21-10-11-25(14-20(21)24-22)23(28)26-12-19(13-26)18-8-6-17(7-9-18)16-4-2-1-3-5-16/h1-9,19-21H,10-15H2,(H,24,27). The number of piperidine rings is 1. The van der Waals surface area contributed by atoms with Gasteiger partial charge < -0.3 is 19.9 Å². The summed E-state index contributed by atoms with van der Waals surface area (Å²) in [7, 11) is 0. The molecule has 2 unspecified atom stereocenters. The number of hydrogen-bond acceptors (Lipinski definition) is 3. The highest BCUT2D eigenvalue weighted by molar-refractivity contribution is 5.79. The van der Waals surface area contributed by atoms with Crippen LogP contribution in [-0.2, 0) is 9.53 Å². The third-order valence-corrected chi connectivity index (χ3v) is 6.24. The molecule has 0 saturated carbocycles. The van der Waals surface area contributed by atoms with E-state index in [-0.39, 0.29) is 30.7 Å². The van der Waals surface area contributed by atoms with Crippen LogP contribution in [0.5, 0.6) is 0 Å². The molecule has 2 atom stereocenters. The maximum Gasteiger partial charge on any atom is 0.320 e. The van der Waals surface area contributed by atoms with Gasteiger partial charge in [0.1, 0.15) is 6.61 Å². The molecule has 2 aromatic rings. The quantitative estimate of drug-likeness (QED) is 0.856. The summed E-state index contributed by atoms with van der Waals surface area (Å²) in [5, 5.41) is 2.96. The summed E-state index contributed by atoms with van der Waals surface area (Å²) in [6, 6.07) is 19.0. The minimum Gasteiger partial charge on any atom is -0.366 e. The fourth-order valence-corrected chi connectivity index (χ4v) is 4.50. The number of rotatable bonds is 2. The number of amides is 3. The van der Waals surface area contributed by atoms with E-state index in [0.717, 1.165) is 19.5 Å². The van der Waals surface area contributed by atoms with Gasteiger partial charge in [0, 0.05) is 32.1 Å². The molecule has 1 N–H and O–H groups in total. The molecule has 3 saturated heterocycles. The van der Waals surface area contributed by atoms with E-state index in [9.17, 15) is 9.59 Å². The van der Waals surface area contributed by atoms with Gasteiger partial charge in [0.2, 0.25) is 5.91 Å². The van der Waals surface area contributed by atoms with E-state index in [0.29, 0.717) is 19.0 Å². The minimum absolute atomic E-state index is 0.0315. The zero-order chi connectivity index (χ0) is 19.8. The van der Waals surface area contributed by atoms with E-state index >= 15 is 0 Å². The molecule has 3 amide bonds. The van der Waals surface area contributed by atoms with Crippen LogP contribution in [0.4, 0.5) is 4.79 Å². The molecule has 29 heavy (non-hydrogen) atoms. The van der Waals surface area contributed by atoms with Crippen molar-refractivity contribution < 1.29 is 14.3 Å². The average molecular weight is 391 g/mol. The average Bonchev–Trinajstić information content (AvgIpc) is 2.73. The normalized spacial score (nSPS) is 24.5. The second-order valence-electron chi connectivity index (χ2n) is 8.13. The predicted octanol–water partition coefficient (Wildman–Crippen LogP) is 2.46. The Morgan fingerprint density at radius 2 is 1.66 bits per heavy atom. The lowest BCUT2D eigenvalue weighted by atomic mass is 9.90. The SMILES string of the molecule is O=C1COC2CCN(C(=O)N3CC(c4ccc(-c5ccccc5)cc4)C3)CC2N1. The van der Waals surface area contributed by atoms with Crippen molar-refractivity contribution in [3.63, 3.8) is 0 Å². The number of hydrogen-bond donors (Lipinski definition) is 1. The van der Waals surface area contributed by atoms with Crippen LogP contribution in [0.15, 0.2) is 54.6 Å². The molecule has 2 aromatic carbocycles. The lowest BCUT2D eigenvalue weighted by molar-refractivity contribution is -0.139. The van der Waals surface area contributed by atoms with E-state index < -0.39 is 0 Å². The fourth-order valence-electron chi connectivity index (χ4n) is 4.50. The van der Waals surface area contributed by atoms with E-state index in [1.54, 1.807) is 0 Å². The van der Waals surface area contributed by atoms with Gasteiger partial charge >= 0.3 is 6.03 Å². The van der Waals surface area contributed by atoms with Crippen LogP contribution in [0.25, 0.3) is 11.1 Å². The van der Waals surface area contributed by atoms with Gasteiger partial charge in [-0.15, -0.1) is 0 Å². The molecule has 0 aromatic heterocycles. The van der Waals surface area contributed by atoms with Crippen molar-refractivity contribution in [2.75, 3.05) is 32.8 Å². The maximum absolute atomic E-state index is 12.9. The number of morpholine rings is 1. The molecule has 6 heteroatoms. The summed E-state index contributed by atoms with van der Waals surface area (Å²) in [5.74, 6) is 0.294. The Morgan fingerprint density at radius 1 is 0.931 bits per heavy atom. The maximum atomic E-state index is 12.9. The van der Waals surface area contributed by atoms with Crippen molar-refractivity contribution in [2.45, 2.75) is 24.5 Å². The van der Waals surface area contributed by atoms with Crippen LogP contribution < -0.4 is 5.32 Å². The molecule has 6 nitrogen and oxygen atoms in total. The zero-order valence-corrected chi connectivity index (χ0v) is 16.3. The van der Waals surface area contributed by atoms with Crippen LogP contribution in [0, 0.1) is 0 Å². The summed E-state index contributed by atoms with van der Waals surface area (Å²) in [5.41, 5.74) is 3.70. The molecule has 150 valence electrons. The zero-order valence-electron chi connectivity index (χ0n) is 16.3. The minimum atomic E-state index is -0.0940. The van der Waals surface area contributed by atoms with Crippen molar-refractivity contribution in [1.82, 2.24) is 15.1 Å². The van der Waals surface area contributed by atoms with Gasteiger partial charge in [0.05, 0.1) is 12.1 Å². The van der Waals surface area contributed by atoms with Gasteiger partial charge in [-0.25, -0.2) is 4.79 Å². The van der Waals surface area contributed by atoms with Gasteiger partial charge in [0.15, 0.2) is 0 Å². The van der Waals surface area contributed by atoms with Gasteiger partial charge in [-0.3, -0.25) is 4.79 Å². The molecule has 0 aliphatic carbocycles. The Kier molecular flexibility index (Phi) is 4.72. The molecular formula is C23H25N3O3. The Balaban J connectivity index is 1.17. The number of likely N-dealkylation sites (tertiary alicyclic amines) is 2. The molecule has 5 rings (SSSR count). The molecule has 0 radical (unpaired) electrons. The lowest BCUT2D eigenvalue weighted by Crippen LogP contribution is -2.63. The summed E-state index contributed by atoms with van der Waals surface area (Å²) >= 11 is 0. The van der Waals surface area contributed by atoms with Gasteiger partial charge in [-0.05, 0) is 23.1 Å². The largest absolute Gasteiger partial charge is 0.366 e. The molecular weight excluding hydrogens is 366 g/mol. The number of nitrogens with one attached hydrogen (secondary N) is 1. The topological polar surface area (TPSA) is 61.9 Å². The number of benzene rings is 2. The van der Waals surface area contributed by atoms with E-state index in [4.69, 9.17) is 4.74 Å². The van der Waals surface area contributed by atoms with Crippen molar-refractivity contribution in [2.24, 2.45) is 0 Å². The highest BCUT2D eigenvalue weighted by Gasteiger charge is 2.40. The third-order valence-electron chi connectivity index (χ3n) is 6.24. The molecule has 0 bridgehead atoms. The van der Waals surface area contributed by atoms with Crippen LogP contribution in [0.3, 0.4) is 0 Å². The highest BCUT2D eigenvalue weighted by atomic mass is 16.5. The Morgan fingerprint density at radius 3 is 2.41 bits per heavy atom. The number of urea groups is 1. The smallest absolute Gasteiger partial charge is 0.320 e. The van der Waals surface area contributed by atoms with Crippen LogP contribution >= 0.6 is 0 Å². The summed E-state index contributed by atoms with van der Waals surface area (Å²) in [6.07, 6.45) is 0.804. The fraction of sp³-hybridized carbons (Fsp3) is 0.391. The second kappa shape index (κ2) is 7.52. The highest BCUT2D eigenvalue weighted by Crippen LogP contribution is 2.30. The Labute approximate surface area is 170 Å². The van der Waals surface area contributed by atoms with Crippen LogP contribution in [-0.4, -0.2) is 66.7 Å². The predicted molar refractivity (Wildman–Crippen MR) is 109 cm³/mol. The number of nitrogens with zero attached hydrogens (tertiary/aromatic N) is 2. The second-order valence-corrected chi connectivity index (χ2v) is 8.13. The number of fused-ring (bicyclic) bond motifs is 1. The first-order chi connectivity index (χ1) is 14.2. The Bertz CT molecular complexity index is 893. The lowest BCUT2D eigenvalue weighted by Gasteiger charge is -2.46. The van der Waals surface area contributed by atoms with Crippen LogP contribution in [0.1, 0.15) is 17.9 Å². The first-order valence-corrected chi connectivity index (χ1v) is 10.3. The van der Waals surface area contributed by atoms with Crippen molar-refractivity contribution >= 4 is 11.9 Å². The third kappa shape index (κ3) is 3.60. The van der Waals surface area contributed by atoms with Crippen molar-refractivity contribution in [3.8, 4) is 11.1 Å². The molecule has 3 aliphatic heterocycles. The van der Waals surface area contributed by atoms with E-state index in [1.807, 2.05) is 28.0 Å². The number of ether oxygens (including phenoxy) is 1. The van der Waals surface area contributed by atoms with E-state index in [2.05, 4.69) is 41.7 Å². The van der Waals surface area contributed by atoms with Crippen molar-refractivity contribution in [3.05, 3.63) is 60.2 Å². The summed E-state index contributed by atoms with van der Waals surface area (Å²) in [4.78, 5) is 28.2. The first-order valence-electron chi connectivity index (χ1n) is 10.3. The Hall–Kier alpha value is -2.86. The van der Waals surface area contributed by atoms with E-state index in [1.165, 1.54) is 16.7 Å². The van der Waals surface area contributed by atoms with Crippen molar-refractivity contribution in [1.29, 1.82) is 0 Å². The molecule has 0 spiro atoms. The molecule has 3 aliphatic rings. The molecule has 3 heterocycles.